The molecule has 1 amide bonds. The third-order valence-corrected chi connectivity index (χ3v) is 3.84. The van der Waals surface area contributed by atoms with Crippen molar-refractivity contribution in [3.63, 3.8) is 0 Å². The molecule has 0 bridgehead atoms. The molecule has 4 heteroatoms. The van der Waals surface area contributed by atoms with Crippen LogP contribution in [0.2, 0.25) is 0 Å². The lowest BCUT2D eigenvalue weighted by Crippen LogP contribution is -2.38. The normalized spacial score (nSPS) is 26.1. The Labute approximate surface area is 104 Å². The average molecular weight is 240 g/mol. The van der Waals surface area contributed by atoms with Gasteiger partial charge in [0.25, 0.3) is 0 Å². The first-order valence-electron chi connectivity index (χ1n) is 6.82. The highest BCUT2D eigenvalue weighted by Gasteiger charge is 2.23. The van der Waals surface area contributed by atoms with Crippen LogP contribution in [0, 0.1) is 5.92 Å². The Morgan fingerprint density at radius 3 is 2.76 bits per heavy atom. The minimum Gasteiger partial charge on any atom is -0.378 e. The highest BCUT2D eigenvalue weighted by Crippen LogP contribution is 2.18. The summed E-state index contributed by atoms with van der Waals surface area (Å²) < 4.78 is 5.51. The first-order chi connectivity index (χ1) is 8.25. The molecule has 0 saturated carbocycles. The zero-order chi connectivity index (χ0) is 12.1. The van der Waals surface area contributed by atoms with Gasteiger partial charge in [-0.3, -0.25) is 4.79 Å². The molecule has 0 radical (unpaired) electrons. The number of carbonyl (C=O) groups excluding carboxylic acids is 1. The van der Waals surface area contributed by atoms with Gasteiger partial charge in [-0.25, -0.2) is 0 Å². The van der Waals surface area contributed by atoms with Crippen LogP contribution in [0.1, 0.15) is 32.1 Å². The molecule has 2 fully saturated rings. The lowest BCUT2D eigenvalue weighted by Gasteiger charge is -2.28. The molecule has 1 atom stereocenters. The Hall–Kier alpha value is -0.610. The second-order valence-electron chi connectivity index (χ2n) is 5.31. The number of hydrogen-bond donors (Lipinski definition) is 1. The maximum atomic E-state index is 12.0. The molecular weight excluding hydrogens is 216 g/mol. The van der Waals surface area contributed by atoms with Crippen LogP contribution in [0.15, 0.2) is 0 Å². The first kappa shape index (κ1) is 12.8. The zero-order valence-corrected chi connectivity index (χ0v) is 10.8. The van der Waals surface area contributed by atoms with E-state index in [1.54, 1.807) is 0 Å². The standard InChI is InChI=1S/C13H24N2O2/c1-15(10-11-4-6-14-7-5-11)13(16)9-12-3-2-8-17-12/h11-12,14H,2-10H2,1H3. The van der Waals surface area contributed by atoms with Crippen molar-refractivity contribution in [2.75, 3.05) is 33.3 Å². The molecule has 1 N–H and O–H groups in total. The van der Waals surface area contributed by atoms with Gasteiger partial charge in [-0.2, -0.15) is 0 Å². The SMILES string of the molecule is CN(CC1CCNCC1)C(=O)CC1CCCO1. The summed E-state index contributed by atoms with van der Waals surface area (Å²) in [6.45, 7) is 3.93. The van der Waals surface area contributed by atoms with Gasteiger partial charge < -0.3 is 15.0 Å². The smallest absolute Gasteiger partial charge is 0.224 e. The quantitative estimate of drug-likeness (QED) is 0.797. The molecule has 0 aromatic carbocycles. The van der Waals surface area contributed by atoms with Gasteiger partial charge in [-0.1, -0.05) is 0 Å². The van der Waals surface area contributed by atoms with Gasteiger partial charge >= 0.3 is 0 Å². The summed E-state index contributed by atoms with van der Waals surface area (Å²) in [6, 6.07) is 0. The lowest BCUT2D eigenvalue weighted by molar-refractivity contribution is -0.132. The van der Waals surface area contributed by atoms with Crippen LogP contribution in [0.3, 0.4) is 0 Å². The van der Waals surface area contributed by atoms with E-state index in [0.717, 1.165) is 39.1 Å². The van der Waals surface area contributed by atoms with Crippen molar-refractivity contribution in [1.82, 2.24) is 10.2 Å². The molecule has 2 rings (SSSR count). The van der Waals surface area contributed by atoms with E-state index >= 15 is 0 Å². The number of hydrogen-bond acceptors (Lipinski definition) is 3. The second-order valence-corrected chi connectivity index (χ2v) is 5.31. The van der Waals surface area contributed by atoms with Crippen molar-refractivity contribution >= 4 is 5.91 Å². The van der Waals surface area contributed by atoms with E-state index in [1.165, 1.54) is 12.8 Å². The van der Waals surface area contributed by atoms with E-state index in [2.05, 4.69) is 5.32 Å². The van der Waals surface area contributed by atoms with E-state index in [9.17, 15) is 4.79 Å². The molecule has 2 saturated heterocycles. The van der Waals surface area contributed by atoms with Crippen molar-refractivity contribution in [2.45, 2.75) is 38.2 Å². The third-order valence-electron chi connectivity index (χ3n) is 3.84. The van der Waals surface area contributed by atoms with Gasteiger partial charge in [-0.15, -0.1) is 0 Å². The minimum absolute atomic E-state index is 0.179. The predicted molar refractivity (Wildman–Crippen MR) is 66.8 cm³/mol. The van der Waals surface area contributed by atoms with Gasteiger partial charge in [0.1, 0.15) is 0 Å². The average Bonchev–Trinajstić information content (AvgIpc) is 2.83. The molecule has 0 aliphatic carbocycles. The van der Waals surface area contributed by atoms with Crippen LogP contribution >= 0.6 is 0 Å². The minimum atomic E-state index is 0.179. The van der Waals surface area contributed by atoms with Crippen molar-refractivity contribution in [2.24, 2.45) is 5.92 Å². The first-order valence-corrected chi connectivity index (χ1v) is 6.82. The van der Waals surface area contributed by atoms with E-state index < -0.39 is 0 Å². The number of amides is 1. The van der Waals surface area contributed by atoms with Crippen LogP contribution in [-0.2, 0) is 9.53 Å². The number of carbonyl (C=O) groups is 1. The van der Waals surface area contributed by atoms with E-state index in [0.29, 0.717) is 12.3 Å². The second kappa shape index (κ2) is 6.36. The van der Waals surface area contributed by atoms with Crippen LogP contribution in [0.25, 0.3) is 0 Å². The van der Waals surface area contributed by atoms with E-state index in [4.69, 9.17) is 4.74 Å². The summed E-state index contributed by atoms with van der Waals surface area (Å²) in [4.78, 5) is 13.9. The number of piperidine rings is 1. The number of rotatable bonds is 4. The highest BCUT2D eigenvalue weighted by molar-refractivity contribution is 5.76. The van der Waals surface area contributed by atoms with Crippen LogP contribution in [0.4, 0.5) is 0 Å². The summed E-state index contributed by atoms with van der Waals surface area (Å²) in [5.41, 5.74) is 0. The molecular formula is C13H24N2O2. The summed E-state index contributed by atoms with van der Waals surface area (Å²) >= 11 is 0. The molecule has 1 unspecified atom stereocenters. The highest BCUT2D eigenvalue weighted by atomic mass is 16.5. The molecule has 0 aromatic rings. The van der Waals surface area contributed by atoms with Gasteiger partial charge in [0.15, 0.2) is 0 Å². The molecule has 2 heterocycles. The molecule has 0 spiro atoms. The third kappa shape index (κ3) is 3.96. The molecule has 4 nitrogen and oxygen atoms in total. The monoisotopic (exact) mass is 240 g/mol. The number of nitrogens with zero attached hydrogens (tertiary/aromatic N) is 1. The van der Waals surface area contributed by atoms with E-state index in [1.807, 2.05) is 11.9 Å². The van der Waals surface area contributed by atoms with Crippen LogP contribution < -0.4 is 5.32 Å². The van der Waals surface area contributed by atoms with Gasteiger partial charge in [0.05, 0.1) is 12.5 Å². The number of ether oxygens (including phenoxy) is 1. The largest absolute Gasteiger partial charge is 0.378 e. The lowest BCUT2D eigenvalue weighted by atomic mass is 9.97. The Balaban J connectivity index is 1.70. The molecule has 2 aliphatic heterocycles. The molecule has 2 aliphatic rings. The molecule has 17 heavy (non-hydrogen) atoms. The fourth-order valence-corrected chi connectivity index (χ4v) is 2.71. The zero-order valence-electron chi connectivity index (χ0n) is 10.8. The van der Waals surface area contributed by atoms with Crippen LogP contribution in [-0.4, -0.2) is 50.2 Å². The van der Waals surface area contributed by atoms with Crippen LogP contribution in [0.5, 0.6) is 0 Å². The Morgan fingerprint density at radius 1 is 1.35 bits per heavy atom. The van der Waals surface area contributed by atoms with Gasteiger partial charge in [-0.05, 0) is 44.7 Å². The fraction of sp³-hybridized carbons (Fsp3) is 0.923. The summed E-state index contributed by atoms with van der Waals surface area (Å²) in [5.74, 6) is 0.921. The fourth-order valence-electron chi connectivity index (χ4n) is 2.71. The number of nitrogens with one attached hydrogen (secondary N) is 1. The maximum Gasteiger partial charge on any atom is 0.224 e. The Bertz CT molecular complexity index is 246. The topological polar surface area (TPSA) is 41.6 Å². The van der Waals surface area contributed by atoms with Gasteiger partial charge in [0.2, 0.25) is 5.91 Å². The van der Waals surface area contributed by atoms with E-state index in [-0.39, 0.29) is 12.0 Å². The van der Waals surface area contributed by atoms with Crippen molar-refractivity contribution in [1.29, 1.82) is 0 Å². The van der Waals surface area contributed by atoms with Crippen molar-refractivity contribution in [3.05, 3.63) is 0 Å². The summed E-state index contributed by atoms with van der Waals surface area (Å²) in [6.07, 6.45) is 5.29. The Morgan fingerprint density at radius 2 is 2.12 bits per heavy atom. The predicted octanol–water partition coefficient (Wildman–Crippen LogP) is 1.01. The van der Waals surface area contributed by atoms with Crippen molar-refractivity contribution < 1.29 is 9.53 Å². The van der Waals surface area contributed by atoms with Crippen molar-refractivity contribution in [3.8, 4) is 0 Å². The van der Waals surface area contributed by atoms with Gasteiger partial charge in [0, 0.05) is 20.2 Å². The Kier molecular flexibility index (Phi) is 4.80. The molecule has 98 valence electrons. The maximum absolute atomic E-state index is 12.0. The molecule has 0 aromatic heterocycles. The summed E-state index contributed by atoms with van der Waals surface area (Å²) in [5, 5.41) is 3.35. The summed E-state index contributed by atoms with van der Waals surface area (Å²) in [7, 11) is 1.93.